The molecular formula is C51H90O15. The summed E-state index contributed by atoms with van der Waals surface area (Å²) in [6, 6.07) is 0. The quantitative estimate of drug-likeness (QED) is 0.0109. The largest absolute Gasteiger partial charge is 0.458 e. The van der Waals surface area contributed by atoms with Gasteiger partial charge in [0.05, 0.1) is 19.8 Å². The van der Waals surface area contributed by atoms with Gasteiger partial charge in [0.2, 0.25) is 0 Å². The average Bonchev–Trinajstić information content (AvgIpc) is 3.31. The summed E-state index contributed by atoms with van der Waals surface area (Å²) >= 11 is 0. The Bertz CT molecular complexity index is 1290. The van der Waals surface area contributed by atoms with Gasteiger partial charge >= 0.3 is 11.9 Å². The molecule has 0 radical (unpaired) electrons. The first-order valence-electron chi connectivity index (χ1n) is 25.6. The molecule has 0 spiro atoms. The van der Waals surface area contributed by atoms with Crippen LogP contribution in [0.1, 0.15) is 181 Å². The smallest absolute Gasteiger partial charge is 0.330 e. The van der Waals surface area contributed by atoms with E-state index in [1.807, 2.05) is 6.08 Å². The summed E-state index contributed by atoms with van der Waals surface area (Å²) in [4.78, 5) is 25.6. The summed E-state index contributed by atoms with van der Waals surface area (Å²) in [7, 11) is 0. The maximum absolute atomic E-state index is 13.0. The van der Waals surface area contributed by atoms with Gasteiger partial charge in [0.25, 0.3) is 0 Å². The fourth-order valence-corrected chi connectivity index (χ4v) is 7.94. The van der Waals surface area contributed by atoms with Crippen LogP contribution in [0.3, 0.4) is 0 Å². The van der Waals surface area contributed by atoms with Crippen LogP contribution in [0.15, 0.2) is 36.5 Å². The Kier molecular flexibility index (Phi) is 35.0. The molecule has 2 saturated heterocycles. The molecule has 66 heavy (non-hydrogen) atoms. The number of aliphatic hydroxyl groups excluding tert-OH is 7. The molecule has 2 aliphatic heterocycles. The summed E-state index contributed by atoms with van der Waals surface area (Å²) in [5, 5.41) is 72.0. The number of hydrogen-bond donors (Lipinski definition) is 7. The lowest BCUT2D eigenvalue weighted by atomic mass is 9.98. The van der Waals surface area contributed by atoms with Crippen LogP contribution >= 0.6 is 0 Å². The molecule has 0 amide bonds. The fraction of sp³-hybridized carbons (Fsp3) is 0.843. The number of carbonyl (C=O) groups is 2. The zero-order chi connectivity index (χ0) is 48.2. The van der Waals surface area contributed by atoms with E-state index in [0.717, 1.165) is 44.9 Å². The fourth-order valence-electron chi connectivity index (χ4n) is 7.94. The number of hydrogen-bond acceptors (Lipinski definition) is 15. The third kappa shape index (κ3) is 26.5. The summed E-state index contributed by atoms with van der Waals surface area (Å²) in [5.74, 6) is -1.18. The second-order valence-electron chi connectivity index (χ2n) is 18.1. The van der Waals surface area contributed by atoms with E-state index in [2.05, 4.69) is 26.0 Å². The molecule has 2 heterocycles. The predicted octanol–water partition coefficient (Wildman–Crippen LogP) is 6.93. The van der Waals surface area contributed by atoms with Crippen LogP contribution < -0.4 is 0 Å². The first-order valence-corrected chi connectivity index (χ1v) is 25.6. The zero-order valence-electron chi connectivity index (χ0n) is 40.4. The molecule has 11 atom stereocenters. The second kappa shape index (κ2) is 38.6. The van der Waals surface area contributed by atoms with Crippen LogP contribution in [0.2, 0.25) is 0 Å². The Balaban J connectivity index is 1.84. The van der Waals surface area contributed by atoms with Crippen molar-refractivity contribution in [2.75, 3.05) is 26.4 Å². The molecule has 4 unspecified atom stereocenters. The lowest BCUT2D eigenvalue weighted by Crippen LogP contribution is -2.61. The average molecular weight is 943 g/mol. The lowest BCUT2D eigenvalue weighted by molar-refractivity contribution is -0.332. The zero-order valence-corrected chi connectivity index (χ0v) is 40.4. The molecule has 384 valence electrons. The van der Waals surface area contributed by atoms with Gasteiger partial charge in [-0.15, -0.1) is 0 Å². The standard InChI is InChI=1S/C51H90O15/c1-3-5-7-9-11-13-15-17-19-21-23-25-27-29-31-33-42(53)61-36-39(64-43(54)34-32-30-28-26-24-22-20-18-16-14-12-10-8-6-4-2)37-62-50-49(60)47(58)45(56)41(66-50)38-63-51-48(59)46(57)44(55)40(35-52)65-51/h10,12,27,29,31,33,39-41,44-52,55-60H,3-9,11,13-26,28,30,32,34-38H2,1-2H3/b12-10+,29-27+,33-31+/t39-,40-,41-,44+,45+,46?,47?,48?,49?,50-,51-/m1/s1. The monoisotopic (exact) mass is 943 g/mol. The van der Waals surface area contributed by atoms with E-state index >= 15 is 0 Å². The van der Waals surface area contributed by atoms with E-state index in [9.17, 15) is 45.3 Å². The highest BCUT2D eigenvalue weighted by Crippen LogP contribution is 2.26. The molecular weight excluding hydrogens is 853 g/mol. The predicted molar refractivity (Wildman–Crippen MR) is 252 cm³/mol. The van der Waals surface area contributed by atoms with Gasteiger partial charge in [-0.1, -0.05) is 166 Å². The molecule has 0 aliphatic carbocycles. The molecule has 0 aromatic carbocycles. The normalized spacial score (nSPS) is 26.4. The number of ether oxygens (including phenoxy) is 6. The Hall–Kier alpha value is -2.28. The molecule has 15 heteroatoms. The Morgan fingerprint density at radius 3 is 1.55 bits per heavy atom. The summed E-state index contributed by atoms with van der Waals surface area (Å²) in [6.07, 6.45) is 23.7. The van der Waals surface area contributed by atoms with Crippen LogP contribution in [0.4, 0.5) is 0 Å². The van der Waals surface area contributed by atoms with Crippen molar-refractivity contribution in [1.29, 1.82) is 0 Å². The highest BCUT2D eigenvalue weighted by molar-refractivity contribution is 5.82. The van der Waals surface area contributed by atoms with E-state index in [4.69, 9.17) is 28.4 Å². The molecule has 2 rings (SSSR count). The van der Waals surface area contributed by atoms with Crippen molar-refractivity contribution < 1.29 is 73.8 Å². The van der Waals surface area contributed by atoms with Crippen LogP contribution in [-0.2, 0) is 38.0 Å². The van der Waals surface area contributed by atoms with Gasteiger partial charge in [0, 0.05) is 12.5 Å². The minimum atomic E-state index is -1.78. The van der Waals surface area contributed by atoms with E-state index in [1.54, 1.807) is 12.2 Å². The van der Waals surface area contributed by atoms with E-state index in [1.165, 1.54) is 115 Å². The molecule has 0 saturated carbocycles. The highest BCUT2D eigenvalue weighted by Gasteiger charge is 2.47. The molecule has 0 aromatic heterocycles. The number of allylic oxidation sites excluding steroid dienone is 5. The van der Waals surface area contributed by atoms with Gasteiger partial charge in [0.15, 0.2) is 18.7 Å². The topological polar surface area (TPSA) is 231 Å². The van der Waals surface area contributed by atoms with Crippen molar-refractivity contribution in [3.63, 3.8) is 0 Å². The highest BCUT2D eigenvalue weighted by atomic mass is 16.7. The minimum Gasteiger partial charge on any atom is -0.458 e. The molecule has 15 nitrogen and oxygen atoms in total. The van der Waals surface area contributed by atoms with Crippen molar-refractivity contribution in [3.8, 4) is 0 Å². The number of carbonyl (C=O) groups excluding carboxylic acids is 2. The van der Waals surface area contributed by atoms with Gasteiger partial charge in [-0.05, 0) is 38.5 Å². The van der Waals surface area contributed by atoms with Crippen molar-refractivity contribution in [2.24, 2.45) is 0 Å². The third-order valence-electron chi connectivity index (χ3n) is 12.2. The summed E-state index contributed by atoms with van der Waals surface area (Å²) in [5.41, 5.74) is 0. The van der Waals surface area contributed by atoms with Gasteiger partial charge in [0.1, 0.15) is 55.4 Å². The SMILES string of the molecule is CCCC/C=C/CCCCCCCCCCCC(=O)O[C@H](COC(=O)/C=C/C=C/CCCCCCCCCCCCC)CO[C@@H]1O[C@H](CO[C@@H]2O[C@H](CO)[C@H](O)C(O)C2O)[C@H](O)C(O)C1O. The number of rotatable bonds is 39. The van der Waals surface area contributed by atoms with Crippen LogP contribution in [0.25, 0.3) is 0 Å². The number of aliphatic hydroxyl groups is 7. The van der Waals surface area contributed by atoms with E-state index in [-0.39, 0.29) is 13.0 Å². The first kappa shape index (κ1) is 59.8. The second-order valence-corrected chi connectivity index (χ2v) is 18.1. The van der Waals surface area contributed by atoms with Crippen molar-refractivity contribution in [3.05, 3.63) is 36.5 Å². The molecule has 2 fully saturated rings. The number of esters is 2. The third-order valence-corrected chi connectivity index (χ3v) is 12.2. The first-order chi connectivity index (χ1) is 32.0. The minimum absolute atomic E-state index is 0.144. The lowest BCUT2D eigenvalue weighted by Gasteiger charge is -2.42. The van der Waals surface area contributed by atoms with Gasteiger partial charge in [-0.3, -0.25) is 4.79 Å². The van der Waals surface area contributed by atoms with Gasteiger partial charge in [-0.2, -0.15) is 0 Å². The molecule has 0 aromatic rings. The molecule has 2 aliphatic rings. The van der Waals surface area contributed by atoms with Crippen LogP contribution in [-0.4, -0.2) is 142 Å². The van der Waals surface area contributed by atoms with Crippen LogP contribution in [0, 0.1) is 0 Å². The summed E-state index contributed by atoms with van der Waals surface area (Å²) in [6.45, 7) is 2.44. The molecule has 7 N–H and O–H groups in total. The van der Waals surface area contributed by atoms with E-state index in [0.29, 0.717) is 6.42 Å². The van der Waals surface area contributed by atoms with Crippen molar-refractivity contribution >= 4 is 11.9 Å². The van der Waals surface area contributed by atoms with Gasteiger partial charge in [-0.25, -0.2) is 4.79 Å². The summed E-state index contributed by atoms with van der Waals surface area (Å²) < 4.78 is 33.4. The Morgan fingerprint density at radius 1 is 0.515 bits per heavy atom. The maximum atomic E-state index is 13.0. The maximum Gasteiger partial charge on any atom is 0.330 e. The Morgan fingerprint density at radius 2 is 0.985 bits per heavy atom. The van der Waals surface area contributed by atoms with E-state index < -0.39 is 99.3 Å². The van der Waals surface area contributed by atoms with Crippen LogP contribution in [0.5, 0.6) is 0 Å². The van der Waals surface area contributed by atoms with Crippen molar-refractivity contribution in [2.45, 2.75) is 248 Å². The Labute approximate surface area is 395 Å². The van der Waals surface area contributed by atoms with Crippen molar-refractivity contribution in [1.82, 2.24) is 0 Å². The number of unbranched alkanes of at least 4 members (excludes halogenated alkanes) is 22. The molecule has 0 bridgehead atoms. The van der Waals surface area contributed by atoms with Gasteiger partial charge < -0.3 is 64.2 Å².